The van der Waals surface area contributed by atoms with E-state index < -0.39 is 16.5 Å². The fourth-order valence-electron chi connectivity index (χ4n) is 1.62. The number of benzene rings is 2. The first kappa shape index (κ1) is 13.8. The van der Waals surface area contributed by atoms with Crippen LogP contribution in [0.15, 0.2) is 36.4 Å². The third-order valence-electron chi connectivity index (χ3n) is 2.49. The molecule has 0 aliphatic carbocycles. The largest absolute Gasteiger partial charge is 0.207 e. The summed E-state index contributed by atoms with van der Waals surface area (Å²) < 4.78 is 27.3. The van der Waals surface area contributed by atoms with Crippen LogP contribution in [-0.2, 0) is 0 Å². The van der Waals surface area contributed by atoms with Gasteiger partial charge in [-0.1, -0.05) is 51.3 Å². The van der Waals surface area contributed by atoms with Crippen LogP contribution >= 0.6 is 39.1 Å². The van der Waals surface area contributed by atoms with E-state index in [0.717, 1.165) is 0 Å². The predicted octanol–water partition coefficient (Wildman–Crippen LogP) is 5.76. The molecule has 0 bridgehead atoms. The first-order valence-corrected chi connectivity index (χ1v) is 6.71. The zero-order chi connectivity index (χ0) is 13.3. The van der Waals surface area contributed by atoms with Crippen molar-refractivity contribution in [2.45, 2.75) is 4.83 Å². The van der Waals surface area contributed by atoms with E-state index in [9.17, 15) is 8.78 Å². The lowest BCUT2D eigenvalue weighted by Crippen LogP contribution is -2.01. The Morgan fingerprint density at radius 1 is 1.00 bits per heavy atom. The Labute approximate surface area is 122 Å². The maximum absolute atomic E-state index is 13.7. The van der Waals surface area contributed by atoms with Crippen molar-refractivity contribution in [1.82, 2.24) is 0 Å². The van der Waals surface area contributed by atoms with Gasteiger partial charge in [-0.05, 0) is 29.8 Å². The molecule has 1 unspecified atom stereocenters. The minimum absolute atomic E-state index is 0.0678. The molecule has 0 aliphatic heterocycles. The third-order valence-corrected chi connectivity index (χ3v) is 4.00. The summed E-state index contributed by atoms with van der Waals surface area (Å²) in [7, 11) is 0. The van der Waals surface area contributed by atoms with Crippen molar-refractivity contribution in [3.63, 3.8) is 0 Å². The van der Waals surface area contributed by atoms with Gasteiger partial charge in [-0.25, -0.2) is 8.78 Å². The van der Waals surface area contributed by atoms with Crippen molar-refractivity contribution in [3.05, 3.63) is 69.2 Å². The van der Waals surface area contributed by atoms with Crippen molar-refractivity contribution >= 4 is 39.1 Å². The van der Waals surface area contributed by atoms with Crippen LogP contribution in [0.2, 0.25) is 10.0 Å². The van der Waals surface area contributed by atoms with E-state index >= 15 is 0 Å². The van der Waals surface area contributed by atoms with E-state index in [4.69, 9.17) is 23.2 Å². The smallest absolute Gasteiger partial charge is 0.130 e. The topological polar surface area (TPSA) is 0 Å². The molecule has 0 aromatic heterocycles. The highest BCUT2D eigenvalue weighted by Gasteiger charge is 2.21. The molecule has 2 aromatic carbocycles. The van der Waals surface area contributed by atoms with Crippen LogP contribution in [-0.4, -0.2) is 0 Å². The van der Waals surface area contributed by atoms with Gasteiger partial charge in [0, 0.05) is 15.6 Å². The van der Waals surface area contributed by atoms with Crippen LogP contribution in [0.3, 0.4) is 0 Å². The molecule has 0 saturated carbocycles. The third kappa shape index (κ3) is 2.68. The van der Waals surface area contributed by atoms with Crippen molar-refractivity contribution in [3.8, 4) is 0 Å². The molecule has 0 N–H and O–H groups in total. The number of alkyl halides is 1. The Bertz CT molecular complexity index is 567. The predicted molar refractivity (Wildman–Crippen MR) is 73.6 cm³/mol. The van der Waals surface area contributed by atoms with Crippen LogP contribution in [0.4, 0.5) is 8.78 Å². The van der Waals surface area contributed by atoms with Crippen molar-refractivity contribution in [1.29, 1.82) is 0 Å². The molecule has 0 amide bonds. The molecular weight excluding hydrogens is 345 g/mol. The second-order valence-corrected chi connectivity index (χ2v) is 5.42. The molecule has 5 heteroatoms. The van der Waals surface area contributed by atoms with Gasteiger partial charge in [0.15, 0.2) is 0 Å². The molecule has 2 aromatic rings. The molecule has 0 radical (unpaired) electrons. The lowest BCUT2D eigenvalue weighted by molar-refractivity contribution is 0.561. The lowest BCUT2D eigenvalue weighted by Gasteiger charge is -2.14. The maximum atomic E-state index is 13.7. The average molecular weight is 352 g/mol. The summed E-state index contributed by atoms with van der Waals surface area (Å²) in [6.07, 6.45) is 0. The first-order valence-electron chi connectivity index (χ1n) is 5.03. The highest BCUT2D eigenvalue weighted by atomic mass is 79.9. The second-order valence-electron chi connectivity index (χ2n) is 3.66. The van der Waals surface area contributed by atoms with E-state index in [1.165, 1.54) is 24.3 Å². The fraction of sp³-hybridized carbons (Fsp3) is 0.0769. The summed E-state index contributed by atoms with van der Waals surface area (Å²) in [6.45, 7) is 0. The Hall–Kier alpha value is -0.640. The van der Waals surface area contributed by atoms with E-state index in [0.29, 0.717) is 15.6 Å². The van der Waals surface area contributed by atoms with Crippen molar-refractivity contribution in [2.24, 2.45) is 0 Å². The van der Waals surface area contributed by atoms with Gasteiger partial charge in [-0.2, -0.15) is 0 Å². The number of rotatable bonds is 2. The van der Waals surface area contributed by atoms with Crippen LogP contribution in [0.25, 0.3) is 0 Å². The molecule has 0 spiro atoms. The van der Waals surface area contributed by atoms with Gasteiger partial charge >= 0.3 is 0 Å². The molecular formula is C13H7BrCl2F2. The molecule has 18 heavy (non-hydrogen) atoms. The first-order chi connectivity index (χ1) is 8.50. The van der Waals surface area contributed by atoms with Crippen LogP contribution in [0, 0.1) is 11.6 Å². The number of hydrogen-bond donors (Lipinski definition) is 0. The van der Waals surface area contributed by atoms with Gasteiger partial charge in [-0.3, -0.25) is 0 Å². The van der Waals surface area contributed by atoms with E-state index in [1.807, 2.05) is 0 Å². The van der Waals surface area contributed by atoms with Crippen molar-refractivity contribution in [2.75, 3.05) is 0 Å². The Balaban J connectivity index is 2.51. The van der Waals surface area contributed by atoms with E-state index in [1.54, 1.807) is 12.1 Å². The normalized spacial score (nSPS) is 12.5. The second kappa shape index (κ2) is 5.55. The highest BCUT2D eigenvalue weighted by molar-refractivity contribution is 9.09. The summed E-state index contributed by atoms with van der Waals surface area (Å²) in [5.74, 6) is -1.24. The maximum Gasteiger partial charge on any atom is 0.130 e. The van der Waals surface area contributed by atoms with Crippen molar-refractivity contribution < 1.29 is 8.78 Å². The summed E-state index contributed by atoms with van der Waals surface area (Å²) in [5, 5.41) is 0.824. The lowest BCUT2D eigenvalue weighted by atomic mass is 10.0. The average Bonchev–Trinajstić information content (AvgIpc) is 2.28. The molecule has 0 saturated heterocycles. The Morgan fingerprint density at radius 3 is 2.17 bits per heavy atom. The highest BCUT2D eigenvalue weighted by Crippen LogP contribution is 2.38. The molecule has 94 valence electrons. The fourth-order valence-corrected chi connectivity index (χ4v) is 3.10. The van der Waals surface area contributed by atoms with E-state index in [-0.39, 0.29) is 5.56 Å². The van der Waals surface area contributed by atoms with Crippen LogP contribution in [0.1, 0.15) is 16.0 Å². The van der Waals surface area contributed by atoms with E-state index in [2.05, 4.69) is 15.9 Å². The molecule has 2 rings (SSSR count). The zero-order valence-corrected chi connectivity index (χ0v) is 12.0. The SMILES string of the molecule is Fc1cccc(F)c1C(Br)c1ccc(Cl)cc1Cl. The van der Waals surface area contributed by atoms with Gasteiger partial charge in [-0.15, -0.1) is 0 Å². The van der Waals surface area contributed by atoms with Crippen LogP contribution < -0.4 is 0 Å². The standard InChI is InChI=1S/C13H7BrCl2F2/c14-13(8-5-4-7(15)6-9(8)16)12-10(17)2-1-3-11(12)18/h1-6,13H. The quantitative estimate of drug-likeness (QED) is 0.604. The van der Waals surface area contributed by atoms with Gasteiger partial charge in [0.05, 0.1) is 4.83 Å². The Kier molecular flexibility index (Phi) is 4.25. The molecule has 0 aliphatic rings. The number of halogens is 5. The van der Waals surface area contributed by atoms with Gasteiger partial charge in [0.1, 0.15) is 11.6 Å². The zero-order valence-electron chi connectivity index (χ0n) is 8.93. The van der Waals surface area contributed by atoms with Gasteiger partial charge in [0.2, 0.25) is 0 Å². The Morgan fingerprint density at radius 2 is 1.61 bits per heavy atom. The van der Waals surface area contributed by atoms with Gasteiger partial charge < -0.3 is 0 Å². The molecule has 0 fully saturated rings. The molecule has 1 atom stereocenters. The number of hydrogen-bond acceptors (Lipinski definition) is 0. The molecule has 0 nitrogen and oxygen atoms in total. The summed E-state index contributed by atoms with van der Waals surface area (Å²) in [5.41, 5.74) is 0.492. The minimum atomic E-state index is -0.663. The minimum Gasteiger partial charge on any atom is -0.207 e. The summed E-state index contributed by atoms with van der Waals surface area (Å²) in [6, 6.07) is 8.52. The summed E-state index contributed by atoms with van der Waals surface area (Å²) in [4.78, 5) is -0.663. The van der Waals surface area contributed by atoms with Crippen LogP contribution in [0.5, 0.6) is 0 Å². The summed E-state index contributed by atoms with van der Waals surface area (Å²) >= 11 is 15.1. The van der Waals surface area contributed by atoms with Gasteiger partial charge in [0.25, 0.3) is 0 Å². The monoisotopic (exact) mass is 350 g/mol. The molecule has 0 heterocycles.